The summed E-state index contributed by atoms with van der Waals surface area (Å²) in [6, 6.07) is -1.37. The van der Waals surface area contributed by atoms with Crippen LogP contribution in [0.4, 0.5) is 8.78 Å². The number of ether oxygens (including phenoxy) is 2. The van der Waals surface area contributed by atoms with Gasteiger partial charge in [-0.2, -0.15) is 0 Å². The van der Waals surface area contributed by atoms with Gasteiger partial charge in [0.05, 0.1) is 12.6 Å². The van der Waals surface area contributed by atoms with Gasteiger partial charge in [0.1, 0.15) is 14.0 Å². The third-order valence-corrected chi connectivity index (χ3v) is 2.90. The van der Waals surface area contributed by atoms with Crippen molar-refractivity contribution in [2.75, 3.05) is 20.4 Å². The molecule has 2 unspecified atom stereocenters. The largest absolute Gasteiger partial charge is 0.382 e. The number of alkyl halides is 2. The molecule has 1 fully saturated rings. The SMILES string of the molecule is B[C@@H]1O[C@H](COC)C(OP(C)(=O)O)C1(F)F. The summed E-state index contributed by atoms with van der Waals surface area (Å²) >= 11 is 0. The van der Waals surface area contributed by atoms with Crippen LogP contribution in [0.2, 0.25) is 0 Å². The Balaban J connectivity index is 2.85. The van der Waals surface area contributed by atoms with E-state index in [0.29, 0.717) is 0 Å². The lowest BCUT2D eigenvalue weighted by atomic mass is 9.92. The fourth-order valence-electron chi connectivity index (χ4n) is 1.54. The van der Waals surface area contributed by atoms with E-state index in [1.807, 2.05) is 0 Å². The fraction of sp³-hybridized carbons (Fsp3) is 1.00. The van der Waals surface area contributed by atoms with Gasteiger partial charge in [-0.15, -0.1) is 0 Å². The Bertz CT molecular complexity index is 297. The van der Waals surface area contributed by atoms with Crippen LogP contribution in [0.3, 0.4) is 0 Å². The summed E-state index contributed by atoms with van der Waals surface area (Å²) in [4.78, 5) is 8.99. The van der Waals surface area contributed by atoms with Gasteiger partial charge in [-0.1, -0.05) is 0 Å². The van der Waals surface area contributed by atoms with Crippen molar-refractivity contribution in [1.29, 1.82) is 0 Å². The average molecular weight is 258 g/mol. The Morgan fingerprint density at radius 2 is 2.19 bits per heavy atom. The minimum absolute atomic E-state index is 0.120. The second-order valence-corrected chi connectivity index (χ2v) is 5.59. The highest BCUT2D eigenvalue weighted by atomic mass is 31.2. The van der Waals surface area contributed by atoms with Crippen molar-refractivity contribution in [2.24, 2.45) is 0 Å². The molecule has 0 aromatic carbocycles. The quantitative estimate of drug-likeness (QED) is 0.560. The molecule has 0 spiro atoms. The summed E-state index contributed by atoms with van der Waals surface area (Å²) in [6.45, 7) is 0.737. The molecule has 1 rings (SSSR count). The van der Waals surface area contributed by atoms with Crippen LogP contribution >= 0.6 is 7.60 Å². The molecule has 0 bridgehead atoms. The molecule has 94 valence electrons. The molecule has 4 atom stereocenters. The van der Waals surface area contributed by atoms with Gasteiger partial charge in [0.25, 0.3) is 5.92 Å². The van der Waals surface area contributed by atoms with Crippen molar-refractivity contribution < 1.29 is 32.2 Å². The fourth-order valence-corrected chi connectivity index (χ4v) is 2.24. The molecule has 1 heterocycles. The first-order valence-electron chi connectivity index (χ1n) is 4.69. The molecular formula is C7H14BF2O5P. The Morgan fingerprint density at radius 3 is 2.62 bits per heavy atom. The van der Waals surface area contributed by atoms with E-state index in [0.717, 1.165) is 6.66 Å². The number of hydrogen-bond acceptors (Lipinski definition) is 4. The van der Waals surface area contributed by atoms with E-state index in [9.17, 15) is 13.3 Å². The molecule has 1 aliphatic rings. The van der Waals surface area contributed by atoms with Crippen LogP contribution in [0.5, 0.6) is 0 Å². The van der Waals surface area contributed by atoms with Crippen LogP contribution in [0.15, 0.2) is 0 Å². The van der Waals surface area contributed by atoms with Gasteiger partial charge in [0.15, 0.2) is 6.10 Å². The van der Waals surface area contributed by atoms with E-state index in [1.54, 1.807) is 0 Å². The minimum atomic E-state index is -4.00. The Labute approximate surface area is 93.0 Å². The molecule has 9 heteroatoms. The topological polar surface area (TPSA) is 65.0 Å². The zero-order chi connectivity index (χ0) is 12.6. The highest BCUT2D eigenvalue weighted by Crippen LogP contribution is 2.47. The summed E-state index contributed by atoms with van der Waals surface area (Å²) < 4.78 is 52.3. The number of rotatable bonds is 4. The first-order chi connectivity index (χ1) is 7.18. The standard InChI is InChI=1S/C7H14BF2O5P/c1-13-3-4-5(15-16(2,11)12)7(9,10)6(8)14-4/h4-6H,3,8H2,1-2H3,(H,11,12)/t4-,5?,6-/m1/s1. The number of hydrogen-bond donors (Lipinski definition) is 1. The normalized spacial score (nSPS) is 37.2. The highest BCUT2D eigenvalue weighted by Gasteiger charge is 2.58. The Hall–Kier alpha value is -0.00506. The molecule has 0 aliphatic carbocycles. The maximum Gasteiger partial charge on any atom is 0.325 e. The van der Waals surface area contributed by atoms with Crippen LogP contribution in [-0.2, 0) is 18.6 Å². The predicted molar refractivity (Wildman–Crippen MR) is 54.7 cm³/mol. The molecular weight excluding hydrogens is 244 g/mol. The summed E-state index contributed by atoms with van der Waals surface area (Å²) in [5, 5.41) is 0. The van der Waals surface area contributed by atoms with E-state index in [1.165, 1.54) is 15.0 Å². The molecule has 5 nitrogen and oxygen atoms in total. The predicted octanol–water partition coefficient (Wildman–Crippen LogP) is -0.174. The highest BCUT2D eigenvalue weighted by molar-refractivity contribution is 7.51. The van der Waals surface area contributed by atoms with Crippen LogP contribution in [-0.4, -0.2) is 57.3 Å². The van der Waals surface area contributed by atoms with Gasteiger partial charge in [-0.25, -0.2) is 8.78 Å². The molecule has 0 radical (unpaired) electrons. The van der Waals surface area contributed by atoms with Crippen molar-refractivity contribution in [3.8, 4) is 0 Å². The maximum atomic E-state index is 13.6. The van der Waals surface area contributed by atoms with Crippen LogP contribution in [0.25, 0.3) is 0 Å². The second-order valence-electron chi connectivity index (χ2n) is 3.78. The van der Waals surface area contributed by atoms with E-state index >= 15 is 0 Å². The van der Waals surface area contributed by atoms with Gasteiger partial charge >= 0.3 is 7.60 Å². The van der Waals surface area contributed by atoms with Crippen molar-refractivity contribution in [2.45, 2.75) is 24.1 Å². The van der Waals surface area contributed by atoms with Crippen molar-refractivity contribution in [1.82, 2.24) is 0 Å². The smallest absolute Gasteiger partial charge is 0.325 e. The molecule has 1 saturated heterocycles. The van der Waals surface area contributed by atoms with Crippen LogP contribution in [0.1, 0.15) is 0 Å². The summed E-state index contributed by atoms with van der Waals surface area (Å²) in [7, 11) is -1.49. The Morgan fingerprint density at radius 1 is 1.62 bits per heavy atom. The first kappa shape index (κ1) is 14.1. The third kappa shape index (κ3) is 3.02. The van der Waals surface area contributed by atoms with Crippen molar-refractivity contribution in [3.63, 3.8) is 0 Å². The van der Waals surface area contributed by atoms with Gasteiger partial charge in [-0.05, 0) is 0 Å². The molecule has 0 saturated carbocycles. The zero-order valence-electron chi connectivity index (χ0n) is 9.22. The lowest BCUT2D eigenvalue weighted by Gasteiger charge is -2.24. The van der Waals surface area contributed by atoms with Crippen molar-refractivity contribution >= 4 is 15.4 Å². The van der Waals surface area contributed by atoms with Gasteiger partial charge < -0.3 is 14.4 Å². The zero-order valence-corrected chi connectivity index (χ0v) is 10.1. The van der Waals surface area contributed by atoms with Crippen molar-refractivity contribution in [3.05, 3.63) is 0 Å². The summed E-state index contributed by atoms with van der Waals surface area (Å²) in [5.74, 6) is -3.31. The third-order valence-electron chi connectivity index (χ3n) is 2.28. The lowest BCUT2D eigenvalue weighted by Crippen LogP contribution is -2.42. The summed E-state index contributed by atoms with van der Waals surface area (Å²) in [6.07, 6.45) is -2.81. The molecule has 1 N–H and O–H groups in total. The number of halogens is 2. The van der Waals surface area contributed by atoms with Gasteiger partial charge in [0, 0.05) is 13.8 Å². The van der Waals surface area contributed by atoms with Gasteiger partial charge in [0.2, 0.25) is 0 Å². The summed E-state index contributed by atoms with van der Waals surface area (Å²) in [5.41, 5.74) is 0. The van der Waals surface area contributed by atoms with Crippen LogP contribution < -0.4 is 0 Å². The monoisotopic (exact) mass is 258 g/mol. The average Bonchev–Trinajstić information content (AvgIpc) is 2.28. The van der Waals surface area contributed by atoms with E-state index in [-0.39, 0.29) is 6.61 Å². The lowest BCUT2D eigenvalue weighted by molar-refractivity contribution is -0.0839. The second kappa shape index (κ2) is 4.70. The molecule has 0 amide bonds. The number of methoxy groups -OCH3 is 1. The molecule has 0 aromatic rings. The molecule has 16 heavy (non-hydrogen) atoms. The Kier molecular flexibility index (Phi) is 4.13. The molecule has 1 aliphatic heterocycles. The van der Waals surface area contributed by atoms with Crippen LogP contribution in [0, 0.1) is 0 Å². The maximum absolute atomic E-state index is 13.6. The van der Waals surface area contributed by atoms with E-state index in [4.69, 9.17) is 14.4 Å². The van der Waals surface area contributed by atoms with E-state index in [2.05, 4.69) is 4.52 Å². The van der Waals surface area contributed by atoms with Gasteiger partial charge in [-0.3, -0.25) is 9.09 Å². The molecule has 0 aromatic heterocycles. The minimum Gasteiger partial charge on any atom is -0.382 e. The first-order valence-corrected chi connectivity index (χ1v) is 6.72. The van der Waals surface area contributed by atoms with E-state index < -0.39 is 31.7 Å².